The summed E-state index contributed by atoms with van der Waals surface area (Å²) in [4.78, 5) is 3.98. The number of benzene rings is 1. The van der Waals surface area contributed by atoms with Gasteiger partial charge in [-0.15, -0.1) is 0 Å². The van der Waals surface area contributed by atoms with Gasteiger partial charge in [-0.25, -0.2) is 4.39 Å². The maximum absolute atomic E-state index is 13.2. The molecule has 0 atom stereocenters. The van der Waals surface area contributed by atoms with Crippen LogP contribution in [0.15, 0.2) is 30.5 Å². The number of halogens is 2. The summed E-state index contributed by atoms with van der Waals surface area (Å²) >= 11 is 5.58. The molecule has 0 bridgehead atoms. The Hall–Kier alpha value is -1.15. The van der Waals surface area contributed by atoms with Gasteiger partial charge in [0.25, 0.3) is 0 Å². The van der Waals surface area contributed by atoms with Crippen molar-refractivity contribution >= 4 is 22.5 Å². The minimum Gasteiger partial charge on any atom is -0.256 e. The van der Waals surface area contributed by atoms with E-state index in [2.05, 4.69) is 4.98 Å². The normalized spacial score (nSPS) is 10.5. The van der Waals surface area contributed by atoms with Crippen molar-refractivity contribution in [2.24, 2.45) is 0 Å². The van der Waals surface area contributed by atoms with Gasteiger partial charge in [0.15, 0.2) is 5.82 Å². The van der Waals surface area contributed by atoms with Crippen LogP contribution < -0.4 is 0 Å². The second-order valence-corrected chi connectivity index (χ2v) is 2.84. The second-order valence-electron chi connectivity index (χ2n) is 2.43. The predicted molar refractivity (Wildman–Crippen MR) is 46.7 cm³/mol. The lowest BCUT2D eigenvalue weighted by atomic mass is 10.2. The molecule has 12 heavy (non-hydrogen) atoms. The van der Waals surface area contributed by atoms with Crippen molar-refractivity contribution in [3.05, 3.63) is 41.3 Å². The van der Waals surface area contributed by atoms with Crippen LogP contribution in [0.25, 0.3) is 10.9 Å². The molecule has 0 aliphatic carbocycles. The van der Waals surface area contributed by atoms with E-state index in [0.29, 0.717) is 10.9 Å². The molecule has 0 saturated heterocycles. The van der Waals surface area contributed by atoms with Gasteiger partial charge >= 0.3 is 0 Å². The summed E-state index contributed by atoms with van der Waals surface area (Å²) in [6, 6.07) is 6.54. The summed E-state index contributed by atoms with van der Waals surface area (Å²) in [7, 11) is 0. The third kappa shape index (κ3) is 1.04. The molecule has 0 N–H and O–H groups in total. The molecule has 0 amide bonds. The van der Waals surface area contributed by atoms with E-state index in [1.54, 1.807) is 24.4 Å². The fourth-order valence-corrected chi connectivity index (χ4v) is 1.25. The zero-order valence-corrected chi connectivity index (χ0v) is 6.85. The Labute approximate surface area is 73.8 Å². The van der Waals surface area contributed by atoms with Crippen LogP contribution in [0.5, 0.6) is 0 Å². The average Bonchev–Trinajstić information content (AvgIpc) is 2.12. The zero-order valence-electron chi connectivity index (χ0n) is 6.09. The standard InChI is InChI=1S/C9H5ClFN/c10-7-3-4-8-6(9(7)11)2-1-5-12-8/h1-5H. The number of nitrogens with zero attached hydrogens (tertiary/aromatic N) is 1. The minimum atomic E-state index is -0.401. The number of hydrogen-bond donors (Lipinski definition) is 0. The van der Waals surface area contributed by atoms with E-state index in [9.17, 15) is 4.39 Å². The summed E-state index contributed by atoms with van der Waals surface area (Å²) in [5, 5.41) is 0.598. The van der Waals surface area contributed by atoms with E-state index in [0.717, 1.165) is 0 Å². The molecule has 1 heterocycles. The highest BCUT2D eigenvalue weighted by Crippen LogP contribution is 2.22. The molecule has 1 nitrogen and oxygen atoms in total. The molecule has 0 saturated carbocycles. The first-order valence-corrected chi connectivity index (χ1v) is 3.85. The fraction of sp³-hybridized carbons (Fsp3) is 0. The fourth-order valence-electron chi connectivity index (χ4n) is 1.09. The minimum absolute atomic E-state index is 0.135. The molecule has 0 aliphatic rings. The smallest absolute Gasteiger partial charge is 0.151 e. The van der Waals surface area contributed by atoms with Gasteiger partial charge in [0.2, 0.25) is 0 Å². The molecule has 60 valence electrons. The first-order valence-electron chi connectivity index (χ1n) is 3.48. The van der Waals surface area contributed by atoms with Crippen LogP contribution in [0.1, 0.15) is 0 Å². The molecule has 0 radical (unpaired) electrons. The summed E-state index contributed by atoms with van der Waals surface area (Å²) in [5.41, 5.74) is 0.624. The highest BCUT2D eigenvalue weighted by atomic mass is 35.5. The van der Waals surface area contributed by atoms with Crippen LogP contribution in [0.2, 0.25) is 5.02 Å². The number of pyridine rings is 1. The van der Waals surface area contributed by atoms with Crippen molar-refractivity contribution in [3.63, 3.8) is 0 Å². The molecule has 0 unspecified atom stereocenters. The largest absolute Gasteiger partial charge is 0.256 e. The zero-order chi connectivity index (χ0) is 8.55. The molecule has 1 aromatic heterocycles. The Morgan fingerprint density at radius 2 is 2.08 bits per heavy atom. The number of hydrogen-bond acceptors (Lipinski definition) is 1. The van der Waals surface area contributed by atoms with Gasteiger partial charge in [-0.3, -0.25) is 4.98 Å². The van der Waals surface area contributed by atoms with E-state index in [1.807, 2.05) is 0 Å². The quantitative estimate of drug-likeness (QED) is 0.609. The van der Waals surface area contributed by atoms with Crippen molar-refractivity contribution in [1.29, 1.82) is 0 Å². The monoisotopic (exact) mass is 181 g/mol. The maximum Gasteiger partial charge on any atom is 0.151 e. The Morgan fingerprint density at radius 1 is 1.25 bits per heavy atom. The summed E-state index contributed by atoms with van der Waals surface area (Å²) in [6.45, 7) is 0. The summed E-state index contributed by atoms with van der Waals surface area (Å²) < 4.78 is 13.2. The van der Waals surface area contributed by atoms with Crippen LogP contribution in [-0.4, -0.2) is 4.98 Å². The Kier molecular flexibility index (Phi) is 1.70. The van der Waals surface area contributed by atoms with Crippen LogP contribution in [-0.2, 0) is 0 Å². The van der Waals surface area contributed by atoms with Gasteiger partial charge in [-0.2, -0.15) is 0 Å². The predicted octanol–water partition coefficient (Wildman–Crippen LogP) is 3.03. The summed E-state index contributed by atoms with van der Waals surface area (Å²) in [5.74, 6) is -0.401. The molecule has 2 aromatic rings. The SMILES string of the molecule is Fc1c(Cl)ccc2ncccc12. The third-order valence-corrected chi connectivity index (χ3v) is 1.96. The highest BCUT2D eigenvalue weighted by molar-refractivity contribution is 6.31. The van der Waals surface area contributed by atoms with Gasteiger partial charge in [-0.1, -0.05) is 11.6 Å². The highest BCUT2D eigenvalue weighted by Gasteiger charge is 2.04. The first-order chi connectivity index (χ1) is 5.79. The molecule has 1 aromatic carbocycles. The van der Waals surface area contributed by atoms with E-state index in [1.165, 1.54) is 6.07 Å². The van der Waals surface area contributed by atoms with E-state index in [4.69, 9.17) is 11.6 Å². The molecular weight excluding hydrogens is 177 g/mol. The number of rotatable bonds is 0. The average molecular weight is 182 g/mol. The lowest BCUT2D eigenvalue weighted by Gasteiger charge is -1.98. The Bertz CT molecular complexity index is 428. The van der Waals surface area contributed by atoms with Gasteiger partial charge < -0.3 is 0 Å². The molecule has 0 fully saturated rings. The lowest BCUT2D eigenvalue weighted by Crippen LogP contribution is -1.82. The van der Waals surface area contributed by atoms with Crippen molar-refractivity contribution < 1.29 is 4.39 Å². The lowest BCUT2D eigenvalue weighted by molar-refractivity contribution is 0.640. The van der Waals surface area contributed by atoms with Gasteiger partial charge in [0.1, 0.15) is 0 Å². The van der Waals surface area contributed by atoms with E-state index in [-0.39, 0.29) is 5.02 Å². The summed E-state index contributed by atoms with van der Waals surface area (Å²) in [6.07, 6.45) is 1.62. The second kappa shape index (κ2) is 2.72. The topological polar surface area (TPSA) is 12.9 Å². The van der Waals surface area contributed by atoms with Gasteiger partial charge in [-0.05, 0) is 24.3 Å². The molecule has 2 rings (SSSR count). The van der Waals surface area contributed by atoms with Crippen LogP contribution in [0.3, 0.4) is 0 Å². The van der Waals surface area contributed by atoms with Crippen molar-refractivity contribution in [2.75, 3.05) is 0 Å². The van der Waals surface area contributed by atoms with E-state index < -0.39 is 5.82 Å². The van der Waals surface area contributed by atoms with Gasteiger partial charge in [0, 0.05) is 11.6 Å². The molecule has 0 aliphatic heterocycles. The van der Waals surface area contributed by atoms with Gasteiger partial charge in [0.05, 0.1) is 10.5 Å². The molecule has 3 heteroatoms. The first kappa shape index (κ1) is 7.50. The van der Waals surface area contributed by atoms with Crippen LogP contribution in [0.4, 0.5) is 4.39 Å². The number of fused-ring (bicyclic) bond motifs is 1. The third-order valence-electron chi connectivity index (χ3n) is 1.67. The maximum atomic E-state index is 13.2. The molecule has 0 spiro atoms. The van der Waals surface area contributed by atoms with Crippen molar-refractivity contribution in [1.82, 2.24) is 4.98 Å². The van der Waals surface area contributed by atoms with Crippen molar-refractivity contribution in [2.45, 2.75) is 0 Å². The molecular formula is C9H5ClFN. The van der Waals surface area contributed by atoms with Crippen LogP contribution >= 0.6 is 11.6 Å². The Balaban J connectivity index is 2.91. The number of aromatic nitrogens is 1. The van der Waals surface area contributed by atoms with Crippen molar-refractivity contribution in [3.8, 4) is 0 Å². The van der Waals surface area contributed by atoms with Crippen LogP contribution in [0, 0.1) is 5.82 Å². The Morgan fingerprint density at radius 3 is 2.92 bits per heavy atom. The van der Waals surface area contributed by atoms with E-state index >= 15 is 0 Å².